The third-order valence-electron chi connectivity index (χ3n) is 1.35. The van der Waals surface area contributed by atoms with E-state index in [2.05, 4.69) is 4.99 Å². The van der Waals surface area contributed by atoms with E-state index in [0.29, 0.717) is 5.84 Å². The topological polar surface area (TPSA) is 51.5 Å². The maximum absolute atomic E-state index is 5.41. The molecule has 1 aromatic rings. The molecule has 0 aliphatic carbocycles. The molecule has 0 aromatic carbocycles. The first-order valence-electron chi connectivity index (χ1n) is 3.53. The summed E-state index contributed by atoms with van der Waals surface area (Å²) in [7, 11) is 0. The van der Waals surface area contributed by atoms with E-state index in [1.807, 2.05) is 19.1 Å². The first kappa shape index (κ1) is 7.85. The Balaban J connectivity index is 2.71. The van der Waals surface area contributed by atoms with E-state index in [9.17, 15) is 0 Å². The summed E-state index contributed by atoms with van der Waals surface area (Å²) in [4.78, 5) is 4.12. The lowest BCUT2D eigenvalue weighted by Crippen LogP contribution is -2.06. The molecule has 11 heavy (non-hydrogen) atoms. The summed E-state index contributed by atoms with van der Waals surface area (Å²) in [6.07, 6.45) is 1.63. The minimum atomic E-state index is 0.0231. The van der Waals surface area contributed by atoms with Crippen molar-refractivity contribution in [1.82, 2.24) is 0 Å². The van der Waals surface area contributed by atoms with Crippen molar-refractivity contribution < 1.29 is 4.42 Å². The lowest BCUT2D eigenvalue weighted by Gasteiger charge is -2.01. The van der Waals surface area contributed by atoms with Crippen LogP contribution in [0.1, 0.15) is 25.6 Å². The highest BCUT2D eigenvalue weighted by atomic mass is 16.3. The Morgan fingerprint density at radius 2 is 2.45 bits per heavy atom. The van der Waals surface area contributed by atoms with E-state index in [4.69, 9.17) is 10.2 Å². The largest absolute Gasteiger partial charge is 0.467 e. The average Bonchev–Trinajstić information content (AvgIpc) is 2.35. The number of nitrogens with zero attached hydrogens (tertiary/aromatic N) is 1. The number of aliphatic imine (C=N–C) groups is 1. The van der Waals surface area contributed by atoms with Gasteiger partial charge in [-0.2, -0.15) is 0 Å². The van der Waals surface area contributed by atoms with Gasteiger partial charge in [0.05, 0.1) is 12.1 Å². The Morgan fingerprint density at radius 3 is 2.91 bits per heavy atom. The molecular weight excluding hydrogens is 140 g/mol. The van der Waals surface area contributed by atoms with E-state index in [-0.39, 0.29) is 6.04 Å². The van der Waals surface area contributed by atoms with Gasteiger partial charge in [0, 0.05) is 0 Å². The summed E-state index contributed by atoms with van der Waals surface area (Å²) in [5.74, 6) is 1.42. The lowest BCUT2D eigenvalue weighted by molar-refractivity contribution is 0.480. The fourth-order valence-electron chi connectivity index (χ4n) is 0.898. The fourth-order valence-corrected chi connectivity index (χ4v) is 0.898. The summed E-state index contributed by atoms with van der Waals surface area (Å²) >= 11 is 0. The molecule has 0 aliphatic heterocycles. The van der Waals surface area contributed by atoms with Crippen LogP contribution in [-0.2, 0) is 0 Å². The molecule has 0 spiro atoms. The first-order chi connectivity index (χ1) is 5.20. The SMILES string of the molecule is CC(N)=NC(C)c1ccco1. The van der Waals surface area contributed by atoms with Crippen molar-refractivity contribution in [2.75, 3.05) is 0 Å². The number of hydrogen-bond acceptors (Lipinski definition) is 2. The van der Waals surface area contributed by atoms with E-state index in [1.165, 1.54) is 0 Å². The maximum atomic E-state index is 5.41. The van der Waals surface area contributed by atoms with Gasteiger partial charge < -0.3 is 10.2 Å². The number of nitrogens with two attached hydrogens (primary N) is 1. The van der Waals surface area contributed by atoms with Crippen molar-refractivity contribution in [1.29, 1.82) is 0 Å². The molecule has 3 heteroatoms. The molecule has 1 aromatic heterocycles. The third-order valence-corrected chi connectivity index (χ3v) is 1.35. The van der Waals surface area contributed by atoms with Gasteiger partial charge in [-0.05, 0) is 26.0 Å². The van der Waals surface area contributed by atoms with E-state index in [0.717, 1.165) is 5.76 Å². The van der Waals surface area contributed by atoms with Crippen molar-refractivity contribution in [3.8, 4) is 0 Å². The van der Waals surface area contributed by atoms with Crippen LogP contribution in [0.2, 0.25) is 0 Å². The molecule has 0 aliphatic rings. The molecule has 0 fully saturated rings. The zero-order chi connectivity index (χ0) is 8.27. The molecule has 0 amide bonds. The zero-order valence-electron chi connectivity index (χ0n) is 6.74. The van der Waals surface area contributed by atoms with Gasteiger partial charge in [-0.3, -0.25) is 4.99 Å². The van der Waals surface area contributed by atoms with Crippen molar-refractivity contribution in [3.05, 3.63) is 24.2 Å². The van der Waals surface area contributed by atoms with Crippen LogP contribution in [0, 0.1) is 0 Å². The minimum Gasteiger partial charge on any atom is -0.467 e. The number of amidine groups is 1. The van der Waals surface area contributed by atoms with Crippen LogP contribution in [0.15, 0.2) is 27.8 Å². The van der Waals surface area contributed by atoms with E-state index in [1.54, 1.807) is 13.2 Å². The lowest BCUT2D eigenvalue weighted by atomic mass is 10.3. The monoisotopic (exact) mass is 152 g/mol. The van der Waals surface area contributed by atoms with Gasteiger partial charge in [0.15, 0.2) is 0 Å². The maximum Gasteiger partial charge on any atom is 0.128 e. The molecule has 0 bridgehead atoms. The van der Waals surface area contributed by atoms with Crippen LogP contribution in [0.3, 0.4) is 0 Å². The van der Waals surface area contributed by atoms with Crippen LogP contribution in [0.4, 0.5) is 0 Å². The van der Waals surface area contributed by atoms with Crippen molar-refractivity contribution in [2.24, 2.45) is 10.7 Å². The van der Waals surface area contributed by atoms with Gasteiger partial charge in [-0.15, -0.1) is 0 Å². The van der Waals surface area contributed by atoms with E-state index < -0.39 is 0 Å². The van der Waals surface area contributed by atoms with E-state index >= 15 is 0 Å². The fraction of sp³-hybridized carbons (Fsp3) is 0.375. The Bertz CT molecular complexity index is 235. The van der Waals surface area contributed by atoms with Gasteiger partial charge >= 0.3 is 0 Å². The summed E-state index contributed by atoms with van der Waals surface area (Å²) in [6, 6.07) is 3.75. The van der Waals surface area contributed by atoms with Crippen LogP contribution >= 0.6 is 0 Å². The second-order valence-electron chi connectivity index (χ2n) is 2.46. The molecule has 1 atom stereocenters. The van der Waals surface area contributed by atoms with Crippen molar-refractivity contribution >= 4 is 5.84 Å². The van der Waals surface area contributed by atoms with Crippen molar-refractivity contribution in [3.63, 3.8) is 0 Å². The Labute approximate surface area is 65.9 Å². The number of furan rings is 1. The van der Waals surface area contributed by atoms with Crippen molar-refractivity contribution in [2.45, 2.75) is 19.9 Å². The molecule has 60 valence electrons. The first-order valence-corrected chi connectivity index (χ1v) is 3.53. The molecular formula is C8H12N2O. The van der Waals surface area contributed by atoms with Gasteiger partial charge in [-0.1, -0.05) is 0 Å². The molecule has 0 saturated carbocycles. The predicted molar refractivity (Wildman–Crippen MR) is 44.4 cm³/mol. The predicted octanol–water partition coefficient (Wildman–Crippen LogP) is 1.72. The van der Waals surface area contributed by atoms with Gasteiger partial charge in [-0.25, -0.2) is 0 Å². The normalized spacial score (nSPS) is 14.9. The third kappa shape index (κ3) is 2.11. The van der Waals surface area contributed by atoms with Crippen LogP contribution in [0.5, 0.6) is 0 Å². The Morgan fingerprint density at radius 1 is 1.73 bits per heavy atom. The Hall–Kier alpha value is -1.25. The molecule has 2 N–H and O–H groups in total. The molecule has 1 rings (SSSR count). The highest BCUT2D eigenvalue weighted by Gasteiger charge is 2.04. The standard InChI is InChI=1S/C8H12N2O/c1-6(10-7(2)9)8-4-3-5-11-8/h3-6H,1-2H3,(H2,9,10). The molecule has 1 heterocycles. The number of hydrogen-bond donors (Lipinski definition) is 1. The molecule has 0 radical (unpaired) electrons. The summed E-state index contributed by atoms with van der Waals surface area (Å²) < 4.78 is 5.13. The average molecular weight is 152 g/mol. The summed E-state index contributed by atoms with van der Waals surface area (Å²) in [5, 5.41) is 0. The van der Waals surface area contributed by atoms with Crippen LogP contribution in [-0.4, -0.2) is 5.84 Å². The molecule has 3 nitrogen and oxygen atoms in total. The second kappa shape index (κ2) is 3.23. The van der Waals surface area contributed by atoms with Gasteiger partial charge in [0.25, 0.3) is 0 Å². The van der Waals surface area contributed by atoms with Crippen LogP contribution in [0.25, 0.3) is 0 Å². The Kier molecular flexibility index (Phi) is 2.31. The zero-order valence-corrected chi connectivity index (χ0v) is 6.74. The highest BCUT2D eigenvalue weighted by molar-refractivity contribution is 5.77. The smallest absolute Gasteiger partial charge is 0.128 e. The van der Waals surface area contributed by atoms with Gasteiger partial charge in [0.2, 0.25) is 0 Å². The van der Waals surface area contributed by atoms with Crippen LogP contribution < -0.4 is 5.73 Å². The highest BCUT2D eigenvalue weighted by Crippen LogP contribution is 2.15. The number of rotatable bonds is 2. The second-order valence-corrected chi connectivity index (χ2v) is 2.46. The van der Waals surface area contributed by atoms with Gasteiger partial charge in [0.1, 0.15) is 11.8 Å². The quantitative estimate of drug-likeness (QED) is 0.518. The summed E-state index contributed by atoms with van der Waals surface area (Å²) in [6.45, 7) is 3.70. The molecule has 1 unspecified atom stereocenters. The summed E-state index contributed by atoms with van der Waals surface area (Å²) in [5.41, 5.74) is 5.41. The minimum absolute atomic E-state index is 0.0231. The molecule has 0 saturated heterocycles.